The first kappa shape index (κ1) is 28.4. The molecule has 0 aromatic carbocycles. The summed E-state index contributed by atoms with van der Waals surface area (Å²) >= 11 is 0. The third-order valence-electron chi connectivity index (χ3n) is 11.9. The molecular formula is C33H44N4O. The van der Waals surface area contributed by atoms with Crippen LogP contribution in [-0.2, 0) is 4.79 Å². The van der Waals surface area contributed by atoms with Crippen LogP contribution >= 0.6 is 0 Å². The van der Waals surface area contributed by atoms with E-state index in [1.807, 2.05) is 24.3 Å². The van der Waals surface area contributed by atoms with Gasteiger partial charge in [-0.05, 0) is 97.4 Å². The molecule has 5 nitrogen and oxygen atoms in total. The van der Waals surface area contributed by atoms with Gasteiger partial charge in [-0.15, -0.1) is 0 Å². The van der Waals surface area contributed by atoms with E-state index in [9.17, 15) is 25.8 Å². The van der Waals surface area contributed by atoms with Crippen LogP contribution in [0.15, 0.2) is 11.6 Å². The van der Waals surface area contributed by atoms with Crippen molar-refractivity contribution in [1.82, 2.24) is 0 Å². The number of nitriles is 4. The van der Waals surface area contributed by atoms with Crippen molar-refractivity contribution in [3.05, 3.63) is 11.6 Å². The molecule has 0 spiro atoms. The third kappa shape index (κ3) is 4.28. The summed E-state index contributed by atoms with van der Waals surface area (Å²) in [6.45, 7) is 11.9. The van der Waals surface area contributed by atoms with E-state index in [1.54, 1.807) is 6.08 Å². The van der Waals surface area contributed by atoms with E-state index in [4.69, 9.17) is 0 Å². The summed E-state index contributed by atoms with van der Waals surface area (Å²) < 4.78 is 0. The van der Waals surface area contributed by atoms with Crippen molar-refractivity contribution in [2.75, 3.05) is 0 Å². The summed E-state index contributed by atoms with van der Waals surface area (Å²) in [5.74, 6) is 1.28. The number of ketones is 1. The lowest BCUT2D eigenvalue weighted by Gasteiger charge is -2.59. The van der Waals surface area contributed by atoms with Gasteiger partial charge < -0.3 is 0 Å². The molecule has 0 heterocycles. The molecular weight excluding hydrogens is 468 g/mol. The van der Waals surface area contributed by atoms with E-state index in [1.165, 1.54) is 38.5 Å². The average Bonchev–Trinajstić information content (AvgIpc) is 3.24. The van der Waals surface area contributed by atoms with Gasteiger partial charge in [-0.1, -0.05) is 59.5 Å². The summed E-state index contributed by atoms with van der Waals surface area (Å²) in [5, 5.41) is 39.4. The highest BCUT2D eigenvalue weighted by atomic mass is 16.1. The van der Waals surface area contributed by atoms with Crippen LogP contribution in [0.1, 0.15) is 98.8 Å². The Kier molecular flexibility index (Phi) is 7.84. The Morgan fingerprint density at radius 3 is 2.26 bits per heavy atom. The van der Waals surface area contributed by atoms with Crippen LogP contribution in [0.25, 0.3) is 0 Å². The molecule has 0 saturated heterocycles. The largest absolute Gasteiger partial charge is 0.294 e. The average molecular weight is 513 g/mol. The molecule has 4 aliphatic rings. The van der Waals surface area contributed by atoms with Gasteiger partial charge in [0.2, 0.25) is 0 Å². The van der Waals surface area contributed by atoms with Crippen LogP contribution in [0, 0.1) is 109 Å². The molecule has 5 heteroatoms. The Hall–Kier alpha value is -2.63. The Balaban J connectivity index is 1.61. The van der Waals surface area contributed by atoms with E-state index in [2.05, 4.69) is 34.6 Å². The Bertz CT molecular complexity index is 1110. The van der Waals surface area contributed by atoms with Gasteiger partial charge in [0, 0.05) is 0 Å². The van der Waals surface area contributed by atoms with Gasteiger partial charge in [0.15, 0.2) is 17.1 Å². The van der Waals surface area contributed by atoms with Crippen LogP contribution in [0.3, 0.4) is 0 Å². The standard InChI is InChI=1S/C33H44N4O/c1-21(2)7-6-8-22(3)26-11-12-27-25-10-9-23-15-30(38)29(33(19-36,20-37)24(17-34)18-35)16-32(23,5)28(25)13-14-31(26,27)4/h15,21-22,24-29H,6-14,16H2,1-5H3/t22-,25+,26-,27+,28+,29-,31+,32-/m0/s1. The van der Waals surface area contributed by atoms with Crippen LogP contribution in [0.5, 0.6) is 0 Å². The van der Waals surface area contributed by atoms with Crippen LogP contribution in [-0.4, -0.2) is 5.78 Å². The fourth-order valence-electron chi connectivity index (χ4n) is 9.80. The number of hydrogen-bond donors (Lipinski definition) is 0. The van der Waals surface area contributed by atoms with Crippen molar-refractivity contribution in [3.63, 3.8) is 0 Å². The minimum atomic E-state index is -1.94. The number of rotatable bonds is 7. The van der Waals surface area contributed by atoms with Gasteiger partial charge in [0.1, 0.15) is 0 Å². The fourth-order valence-corrected chi connectivity index (χ4v) is 9.80. The van der Waals surface area contributed by atoms with E-state index in [-0.39, 0.29) is 11.2 Å². The summed E-state index contributed by atoms with van der Waals surface area (Å²) in [6, 6.07) is 7.65. The zero-order valence-electron chi connectivity index (χ0n) is 24.0. The number of nitrogens with zero attached hydrogens (tertiary/aromatic N) is 4. The summed E-state index contributed by atoms with van der Waals surface area (Å²) in [4.78, 5) is 13.3. The van der Waals surface area contributed by atoms with Crippen molar-refractivity contribution >= 4 is 5.78 Å². The molecule has 8 atom stereocenters. The van der Waals surface area contributed by atoms with E-state index in [0.29, 0.717) is 29.6 Å². The molecule has 0 N–H and O–H groups in total. The molecule has 0 unspecified atom stereocenters. The van der Waals surface area contributed by atoms with Gasteiger partial charge in [0.05, 0.1) is 30.2 Å². The Morgan fingerprint density at radius 2 is 1.66 bits per heavy atom. The maximum atomic E-state index is 13.3. The van der Waals surface area contributed by atoms with Crippen LogP contribution < -0.4 is 0 Å². The van der Waals surface area contributed by atoms with Crippen molar-refractivity contribution in [1.29, 1.82) is 21.0 Å². The normalized spacial score (nSPS) is 37.1. The van der Waals surface area contributed by atoms with Gasteiger partial charge in [-0.25, -0.2) is 0 Å². The van der Waals surface area contributed by atoms with Crippen LogP contribution in [0.2, 0.25) is 0 Å². The minimum Gasteiger partial charge on any atom is -0.294 e. The molecule has 3 saturated carbocycles. The highest BCUT2D eigenvalue weighted by Crippen LogP contribution is 2.68. The molecule has 0 aromatic heterocycles. The van der Waals surface area contributed by atoms with Crippen molar-refractivity contribution in [3.8, 4) is 24.3 Å². The highest BCUT2D eigenvalue weighted by molar-refractivity contribution is 5.95. The van der Waals surface area contributed by atoms with Gasteiger partial charge in [0.25, 0.3) is 0 Å². The summed E-state index contributed by atoms with van der Waals surface area (Å²) in [7, 11) is 0. The minimum absolute atomic E-state index is 0.258. The van der Waals surface area contributed by atoms with Crippen molar-refractivity contribution < 1.29 is 4.79 Å². The molecule has 38 heavy (non-hydrogen) atoms. The zero-order valence-corrected chi connectivity index (χ0v) is 24.0. The van der Waals surface area contributed by atoms with Crippen molar-refractivity contribution in [2.24, 2.45) is 63.6 Å². The lowest BCUT2D eigenvalue weighted by Crippen LogP contribution is -2.54. The summed E-state index contributed by atoms with van der Waals surface area (Å²) in [5.41, 5.74) is -0.699. The molecule has 0 radical (unpaired) electrons. The van der Waals surface area contributed by atoms with Gasteiger partial charge >= 0.3 is 0 Å². The predicted molar refractivity (Wildman–Crippen MR) is 145 cm³/mol. The first-order valence-corrected chi connectivity index (χ1v) is 14.9. The lowest BCUT2D eigenvalue weighted by molar-refractivity contribution is -0.126. The molecule has 4 rings (SSSR count). The number of carbonyl (C=O) groups is 1. The maximum absolute atomic E-state index is 13.3. The van der Waals surface area contributed by atoms with E-state index in [0.717, 1.165) is 42.6 Å². The van der Waals surface area contributed by atoms with Crippen molar-refractivity contribution in [2.45, 2.75) is 98.8 Å². The molecule has 3 fully saturated rings. The third-order valence-corrected chi connectivity index (χ3v) is 11.9. The quantitative estimate of drug-likeness (QED) is 0.350. The Morgan fingerprint density at radius 1 is 0.974 bits per heavy atom. The SMILES string of the molecule is CC(C)CCC[C@H](C)[C@@H]1CC[C@@H]2[C@H]3CCC4=CC(=O)[C@@H](C(C#N)(C#N)C(C#N)C#N)C[C@]4(C)[C@@H]3CC[C@@]21C. The smallest absolute Gasteiger partial charge is 0.182 e. The molecule has 0 aromatic rings. The zero-order chi connectivity index (χ0) is 27.9. The maximum Gasteiger partial charge on any atom is 0.182 e. The molecule has 4 aliphatic carbocycles. The van der Waals surface area contributed by atoms with E-state index < -0.39 is 17.3 Å². The highest BCUT2D eigenvalue weighted by Gasteiger charge is 2.62. The fraction of sp³-hybridized carbons (Fsp3) is 0.788. The van der Waals surface area contributed by atoms with E-state index >= 15 is 0 Å². The monoisotopic (exact) mass is 512 g/mol. The summed E-state index contributed by atoms with van der Waals surface area (Å²) in [6.07, 6.45) is 12.9. The number of allylic oxidation sites excluding steroid dienone is 1. The predicted octanol–water partition coefficient (Wildman–Crippen LogP) is 7.52. The second-order valence-electron chi connectivity index (χ2n) is 14.0. The molecule has 0 aliphatic heterocycles. The van der Waals surface area contributed by atoms with Gasteiger partial charge in [-0.2, -0.15) is 21.0 Å². The lowest BCUT2D eigenvalue weighted by atomic mass is 9.44. The number of carbonyl (C=O) groups excluding carboxylic acids is 1. The second-order valence-corrected chi connectivity index (χ2v) is 14.0. The number of hydrogen-bond acceptors (Lipinski definition) is 5. The topological polar surface area (TPSA) is 112 Å². The Labute approximate surface area is 229 Å². The van der Waals surface area contributed by atoms with Crippen LogP contribution in [0.4, 0.5) is 0 Å². The first-order valence-electron chi connectivity index (χ1n) is 14.9. The van der Waals surface area contributed by atoms with Gasteiger partial charge in [-0.3, -0.25) is 4.79 Å². The first-order chi connectivity index (χ1) is 18.0. The molecule has 0 bridgehead atoms. The second kappa shape index (κ2) is 10.5. The molecule has 202 valence electrons. The molecule has 0 amide bonds. The number of fused-ring (bicyclic) bond motifs is 5.